The number of aromatic nitrogens is 1. The fourth-order valence-electron chi connectivity index (χ4n) is 2.57. The lowest BCUT2D eigenvalue weighted by Crippen LogP contribution is -2.71. The average molecular weight is 342 g/mol. The van der Waals surface area contributed by atoms with Crippen molar-refractivity contribution in [1.29, 1.82) is 0 Å². The van der Waals surface area contributed by atoms with Gasteiger partial charge in [0.25, 0.3) is 5.92 Å². The van der Waals surface area contributed by atoms with E-state index in [4.69, 9.17) is 5.11 Å². The van der Waals surface area contributed by atoms with E-state index in [1.807, 2.05) is 0 Å². The number of rotatable bonds is 4. The van der Waals surface area contributed by atoms with Crippen LogP contribution in [-0.4, -0.2) is 45.1 Å². The molecule has 1 saturated carbocycles. The first-order valence-electron chi connectivity index (χ1n) is 6.47. The third-order valence-corrected chi connectivity index (χ3v) is 3.69. The van der Waals surface area contributed by atoms with Crippen molar-refractivity contribution in [3.05, 3.63) is 29.8 Å². The summed E-state index contributed by atoms with van der Waals surface area (Å²) in [6.45, 7) is -2.04. The van der Waals surface area contributed by atoms with Gasteiger partial charge in [0, 0.05) is 12.8 Å². The zero-order valence-electron chi connectivity index (χ0n) is 11.6. The van der Waals surface area contributed by atoms with Crippen LogP contribution in [0.5, 0.6) is 0 Å². The Kier molecular flexibility index (Phi) is 4.31. The molecular weight excluding hydrogens is 330 g/mol. The Morgan fingerprint density at radius 3 is 2.30 bits per heavy atom. The second-order valence-electron chi connectivity index (χ2n) is 5.34. The summed E-state index contributed by atoms with van der Waals surface area (Å²) in [5.41, 5.74) is -3.20. The predicted molar refractivity (Wildman–Crippen MR) is 64.8 cm³/mol. The number of carbonyl (C=O) groups is 1. The van der Waals surface area contributed by atoms with Crippen LogP contribution in [0.25, 0.3) is 0 Å². The molecule has 128 valence electrons. The van der Waals surface area contributed by atoms with Crippen LogP contribution in [0, 0.1) is 5.82 Å². The number of pyridine rings is 1. The number of halogens is 6. The fraction of sp³-hybridized carbons (Fsp3) is 0.538. The lowest BCUT2D eigenvalue weighted by molar-refractivity contribution is -0.308. The first-order valence-corrected chi connectivity index (χ1v) is 6.47. The molecule has 1 aliphatic carbocycles. The van der Waals surface area contributed by atoms with E-state index < -0.39 is 55.4 Å². The van der Waals surface area contributed by atoms with Gasteiger partial charge in [-0.1, -0.05) is 0 Å². The molecule has 0 bridgehead atoms. The van der Waals surface area contributed by atoms with Gasteiger partial charge in [0.15, 0.2) is 0 Å². The molecule has 1 aliphatic rings. The normalized spacial score (nSPS) is 19.1. The molecule has 23 heavy (non-hydrogen) atoms. The van der Waals surface area contributed by atoms with E-state index in [0.29, 0.717) is 0 Å². The molecule has 0 saturated heterocycles. The topological polar surface area (TPSA) is 53.4 Å². The molecule has 0 unspecified atom stereocenters. The van der Waals surface area contributed by atoms with Crippen LogP contribution in [0.4, 0.5) is 26.3 Å². The maximum atomic E-state index is 13.3. The van der Waals surface area contributed by atoms with Crippen molar-refractivity contribution in [2.45, 2.75) is 37.0 Å². The average Bonchev–Trinajstić information content (AvgIpc) is 2.41. The summed E-state index contributed by atoms with van der Waals surface area (Å²) < 4.78 is 79.0. The fourth-order valence-corrected chi connectivity index (χ4v) is 2.57. The first kappa shape index (κ1) is 17.5. The van der Waals surface area contributed by atoms with Gasteiger partial charge >= 0.3 is 6.18 Å². The highest BCUT2D eigenvalue weighted by atomic mass is 19.4. The smallest absolute Gasteiger partial charge is 0.387 e. The summed E-state index contributed by atoms with van der Waals surface area (Å²) in [6.07, 6.45) is -7.56. The highest BCUT2D eigenvalue weighted by molar-refractivity contribution is 5.78. The highest BCUT2D eigenvalue weighted by Gasteiger charge is 2.73. The molecule has 0 radical (unpaired) electrons. The molecule has 0 aliphatic heterocycles. The first-order chi connectivity index (χ1) is 10.5. The van der Waals surface area contributed by atoms with Crippen molar-refractivity contribution in [3.63, 3.8) is 0 Å². The maximum absolute atomic E-state index is 13.3. The molecule has 1 aromatic heterocycles. The molecule has 1 heterocycles. The predicted octanol–water partition coefficient (Wildman–Crippen LogP) is 2.27. The molecule has 1 amide bonds. The number of carbonyl (C=O) groups excluding carboxylic acids is 1. The van der Waals surface area contributed by atoms with Gasteiger partial charge in [-0.3, -0.25) is 9.78 Å². The van der Waals surface area contributed by atoms with Gasteiger partial charge in [0.1, 0.15) is 18.0 Å². The molecule has 1 N–H and O–H groups in total. The molecule has 4 nitrogen and oxygen atoms in total. The SMILES string of the molecule is O=C(CO)N(Cc1ccc(F)cn1)C1(C(F)(F)F)CC(F)(F)C1. The number of hydrogen-bond acceptors (Lipinski definition) is 3. The minimum atomic E-state index is -5.11. The summed E-state index contributed by atoms with van der Waals surface area (Å²) in [4.78, 5) is 15.4. The largest absolute Gasteiger partial charge is 0.412 e. The van der Waals surface area contributed by atoms with E-state index >= 15 is 0 Å². The van der Waals surface area contributed by atoms with Crippen LogP contribution in [0.2, 0.25) is 0 Å². The Bertz CT molecular complexity index is 579. The summed E-state index contributed by atoms with van der Waals surface area (Å²) in [5.74, 6) is -5.65. The Labute approximate surface area is 126 Å². The lowest BCUT2D eigenvalue weighted by atomic mass is 9.71. The third-order valence-electron chi connectivity index (χ3n) is 3.69. The molecule has 0 spiro atoms. The van der Waals surface area contributed by atoms with Crippen LogP contribution >= 0.6 is 0 Å². The number of amides is 1. The summed E-state index contributed by atoms with van der Waals surface area (Å²) in [5, 5.41) is 8.88. The number of hydrogen-bond donors (Lipinski definition) is 1. The minimum Gasteiger partial charge on any atom is -0.387 e. The van der Waals surface area contributed by atoms with E-state index in [-0.39, 0.29) is 10.6 Å². The van der Waals surface area contributed by atoms with Crippen molar-refractivity contribution >= 4 is 5.91 Å². The standard InChI is InChI=1S/C13H12F6N2O2/c14-8-1-2-9(20-3-8)4-21(10(23)5-22)11(13(17,18)19)6-12(15,16)7-11/h1-3,22H,4-7H2. The number of nitrogens with zero attached hydrogens (tertiary/aromatic N) is 2. The molecule has 1 aromatic rings. The molecular formula is C13H12F6N2O2. The van der Waals surface area contributed by atoms with Crippen LogP contribution in [0.3, 0.4) is 0 Å². The molecule has 0 aromatic carbocycles. The van der Waals surface area contributed by atoms with Crippen molar-refractivity contribution < 1.29 is 36.2 Å². The van der Waals surface area contributed by atoms with Crippen LogP contribution in [0.15, 0.2) is 18.3 Å². The molecule has 1 fully saturated rings. The Hall–Kier alpha value is -1.84. The van der Waals surface area contributed by atoms with Crippen LogP contribution in [-0.2, 0) is 11.3 Å². The van der Waals surface area contributed by atoms with E-state index in [0.717, 1.165) is 18.3 Å². The van der Waals surface area contributed by atoms with E-state index in [1.165, 1.54) is 0 Å². The van der Waals surface area contributed by atoms with Gasteiger partial charge < -0.3 is 10.0 Å². The van der Waals surface area contributed by atoms with E-state index in [9.17, 15) is 31.1 Å². The van der Waals surface area contributed by atoms with Gasteiger partial charge in [-0.15, -0.1) is 0 Å². The summed E-state index contributed by atoms with van der Waals surface area (Å²) >= 11 is 0. The quantitative estimate of drug-likeness (QED) is 0.854. The highest BCUT2D eigenvalue weighted by Crippen LogP contribution is 2.57. The van der Waals surface area contributed by atoms with Crippen molar-refractivity contribution in [1.82, 2.24) is 9.88 Å². The van der Waals surface area contributed by atoms with E-state index in [2.05, 4.69) is 4.98 Å². The lowest BCUT2D eigenvalue weighted by Gasteiger charge is -2.53. The minimum absolute atomic E-state index is 0.118. The summed E-state index contributed by atoms with van der Waals surface area (Å²) in [6, 6.07) is 1.95. The Morgan fingerprint density at radius 1 is 1.30 bits per heavy atom. The van der Waals surface area contributed by atoms with Gasteiger partial charge in [0.2, 0.25) is 5.91 Å². The van der Waals surface area contributed by atoms with Gasteiger partial charge in [-0.25, -0.2) is 13.2 Å². The summed E-state index contributed by atoms with van der Waals surface area (Å²) in [7, 11) is 0. The van der Waals surface area contributed by atoms with Crippen molar-refractivity contribution in [2.75, 3.05) is 6.61 Å². The van der Waals surface area contributed by atoms with Crippen molar-refractivity contribution in [2.24, 2.45) is 0 Å². The van der Waals surface area contributed by atoms with Gasteiger partial charge in [-0.2, -0.15) is 13.2 Å². The Morgan fingerprint density at radius 2 is 1.91 bits per heavy atom. The van der Waals surface area contributed by atoms with Crippen LogP contribution < -0.4 is 0 Å². The number of alkyl halides is 5. The monoisotopic (exact) mass is 342 g/mol. The van der Waals surface area contributed by atoms with E-state index in [1.54, 1.807) is 0 Å². The van der Waals surface area contributed by atoms with Crippen LogP contribution in [0.1, 0.15) is 18.5 Å². The molecule has 10 heteroatoms. The number of aliphatic hydroxyl groups excluding tert-OH is 1. The molecule has 2 rings (SSSR count). The maximum Gasteiger partial charge on any atom is 0.412 e. The molecule has 0 atom stereocenters. The third kappa shape index (κ3) is 3.26. The van der Waals surface area contributed by atoms with Gasteiger partial charge in [0.05, 0.1) is 18.4 Å². The second-order valence-corrected chi connectivity index (χ2v) is 5.34. The van der Waals surface area contributed by atoms with Gasteiger partial charge in [-0.05, 0) is 12.1 Å². The number of aliphatic hydroxyl groups is 1. The zero-order chi connectivity index (χ0) is 17.5. The Balaban J connectivity index is 2.36. The second kappa shape index (κ2) is 5.66. The zero-order valence-corrected chi connectivity index (χ0v) is 11.6. The van der Waals surface area contributed by atoms with Crippen molar-refractivity contribution in [3.8, 4) is 0 Å².